The van der Waals surface area contributed by atoms with Crippen LogP contribution in [-0.4, -0.2) is 30.7 Å². The quantitative estimate of drug-likeness (QED) is 0.563. The fraction of sp³-hybridized carbons (Fsp3) is 0.833. The van der Waals surface area contributed by atoms with Crippen molar-refractivity contribution in [2.75, 3.05) is 13.1 Å². The third-order valence-electron chi connectivity index (χ3n) is 9.52. The highest BCUT2D eigenvalue weighted by Gasteiger charge is 2.60. The Morgan fingerprint density at radius 2 is 1.96 bits per heavy atom. The van der Waals surface area contributed by atoms with Gasteiger partial charge in [0.15, 0.2) is 0 Å². The van der Waals surface area contributed by atoms with Crippen molar-refractivity contribution in [1.82, 2.24) is 5.32 Å². The summed E-state index contributed by atoms with van der Waals surface area (Å²) in [6.07, 6.45) is 9.96. The second-order valence-electron chi connectivity index (χ2n) is 10.8. The van der Waals surface area contributed by atoms with E-state index in [1.807, 2.05) is 0 Å². The molecular weight excluding hydrogens is 348 g/mol. The molecule has 0 radical (unpaired) electrons. The Bertz CT molecular complexity index is 709. The summed E-state index contributed by atoms with van der Waals surface area (Å²) in [6, 6.07) is 0. The summed E-state index contributed by atoms with van der Waals surface area (Å²) in [5.41, 5.74) is 2.93. The molecule has 0 spiro atoms. The average Bonchev–Trinajstić information content (AvgIpc) is 3.29. The predicted octanol–water partition coefficient (Wildman–Crippen LogP) is 4.50. The van der Waals surface area contributed by atoms with Gasteiger partial charge in [0.25, 0.3) is 0 Å². The van der Waals surface area contributed by atoms with Gasteiger partial charge in [-0.25, -0.2) is 0 Å². The lowest BCUT2D eigenvalue weighted by Crippen LogP contribution is -2.54. The lowest BCUT2D eigenvalue weighted by molar-refractivity contribution is -0.134. The Hall–Kier alpha value is -1.16. The van der Waals surface area contributed by atoms with Crippen molar-refractivity contribution in [2.45, 2.75) is 77.7 Å². The van der Waals surface area contributed by atoms with Crippen LogP contribution >= 0.6 is 0 Å². The number of nitrogens with one attached hydrogen (secondary N) is 1. The molecule has 1 saturated heterocycles. The number of ketones is 1. The third kappa shape index (κ3) is 2.74. The number of carbonyl (C=O) groups is 1. The molecule has 5 aliphatic rings. The van der Waals surface area contributed by atoms with Crippen molar-refractivity contribution in [3.05, 3.63) is 12.2 Å². The van der Waals surface area contributed by atoms with Crippen LogP contribution in [0.2, 0.25) is 0 Å². The van der Waals surface area contributed by atoms with E-state index in [1.54, 1.807) is 0 Å². The first kappa shape index (κ1) is 18.8. The van der Waals surface area contributed by atoms with Gasteiger partial charge in [0.2, 0.25) is 0 Å². The largest absolute Gasteiger partial charge is 0.391 e. The van der Waals surface area contributed by atoms with Gasteiger partial charge in [-0.15, -0.1) is 0 Å². The van der Waals surface area contributed by atoms with Crippen LogP contribution in [0, 0.1) is 34.5 Å². The molecule has 154 valence electrons. The van der Waals surface area contributed by atoms with Crippen LogP contribution in [0.1, 0.15) is 71.6 Å². The van der Waals surface area contributed by atoms with Crippen molar-refractivity contribution in [2.24, 2.45) is 39.7 Å². The van der Waals surface area contributed by atoms with Gasteiger partial charge in [-0.1, -0.05) is 31.2 Å². The molecule has 4 saturated carbocycles. The number of allylic oxidation sites excluding steroid dienone is 1. The van der Waals surface area contributed by atoms with Crippen LogP contribution in [-0.2, 0) is 9.63 Å². The minimum absolute atomic E-state index is 0.0465. The number of Topliss-reactive ketones (excluding diaryl/α,β-unsaturated/α-hetero) is 1. The average molecular weight is 385 g/mol. The highest BCUT2D eigenvalue weighted by Crippen LogP contribution is 2.66. The minimum atomic E-state index is -0.0465. The van der Waals surface area contributed by atoms with E-state index in [4.69, 9.17) is 4.84 Å². The second-order valence-corrected chi connectivity index (χ2v) is 10.8. The van der Waals surface area contributed by atoms with E-state index >= 15 is 0 Å². The highest BCUT2D eigenvalue weighted by molar-refractivity contribution is 5.87. The van der Waals surface area contributed by atoms with Gasteiger partial charge >= 0.3 is 0 Å². The molecule has 28 heavy (non-hydrogen) atoms. The molecule has 1 aliphatic heterocycles. The summed E-state index contributed by atoms with van der Waals surface area (Å²) in [7, 11) is 0. The van der Waals surface area contributed by atoms with E-state index in [1.165, 1.54) is 24.1 Å². The molecule has 4 aliphatic carbocycles. The number of hydrogen-bond donors (Lipinski definition) is 1. The lowest BCUT2D eigenvalue weighted by Gasteiger charge is -2.60. The standard InChI is InChI=1S/C24H36N2O2/c1-15-12-18-19-4-5-22(27)24(19,3)10-7-20(18)23(2)9-6-16(13-21(15)23)26-28-17-8-11-25-14-17/h17-21,25H,1,4-14H2,2-3H3/b26-16-/t17-,18+,19+,20-,21?,23-,24+/m1/s1. The third-order valence-corrected chi connectivity index (χ3v) is 9.52. The zero-order valence-electron chi connectivity index (χ0n) is 17.6. The van der Waals surface area contributed by atoms with E-state index in [9.17, 15) is 4.79 Å². The van der Waals surface area contributed by atoms with Crippen LogP contribution in [0.3, 0.4) is 0 Å². The fourth-order valence-electron chi connectivity index (χ4n) is 7.77. The molecule has 0 aromatic heterocycles. The van der Waals surface area contributed by atoms with E-state index in [0.29, 0.717) is 29.0 Å². The first-order valence-corrected chi connectivity index (χ1v) is 11.5. The molecule has 0 aromatic rings. The summed E-state index contributed by atoms with van der Waals surface area (Å²) in [6.45, 7) is 11.3. The Morgan fingerprint density at radius 3 is 2.75 bits per heavy atom. The molecule has 7 atom stereocenters. The zero-order chi connectivity index (χ0) is 19.5. The lowest BCUT2D eigenvalue weighted by atomic mass is 9.44. The number of carbonyl (C=O) groups excluding carboxylic acids is 1. The molecule has 0 amide bonds. The van der Waals surface area contributed by atoms with Gasteiger partial charge in [-0.05, 0) is 80.6 Å². The molecule has 1 unspecified atom stereocenters. The molecule has 0 bridgehead atoms. The number of hydrogen-bond acceptors (Lipinski definition) is 4. The molecule has 1 heterocycles. The highest BCUT2D eigenvalue weighted by atomic mass is 16.6. The first-order valence-electron chi connectivity index (χ1n) is 11.5. The van der Waals surface area contributed by atoms with Crippen molar-refractivity contribution in [3.63, 3.8) is 0 Å². The van der Waals surface area contributed by atoms with E-state index in [0.717, 1.165) is 64.0 Å². The Labute approximate surface area is 169 Å². The summed E-state index contributed by atoms with van der Waals surface area (Å²) < 4.78 is 0. The van der Waals surface area contributed by atoms with E-state index < -0.39 is 0 Å². The predicted molar refractivity (Wildman–Crippen MR) is 111 cm³/mol. The van der Waals surface area contributed by atoms with Crippen molar-refractivity contribution in [3.8, 4) is 0 Å². The van der Waals surface area contributed by atoms with Crippen LogP contribution in [0.25, 0.3) is 0 Å². The number of oxime groups is 1. The molecule has 0 aromatic carbocycles. The maximum absolute atomic E-state index is 12.6. The van der Waals surface area contributed by atoms with Gasteiger partial charge in [-0.3, -0.25) is 4.79 Å². The Kier molecular flexibility index (Phi) is 4.50. The van der Waals surface area contributed by atoms with Crippen LogP contribution < -0.4 is 5.32 Å². The van der Waals surface area contributed by atoms with Gasteiger partial charge in [-0.2, -0.15) is 0 Å². The van der Waals surface area contributed by atoms with Crippen molar-refractivity contribution >= 4 is 11.5 Å². The number of rotatable bonds is 2. The van der Waals surface area contributed by atoms with Crippen LogP contribution in [0.4, 0.5) is 0 Å². The van der Waals surface area contributed by atoms with Gasteiger partial charge in [0.05, 0.1) is 5.71 Å². The Balaban J connectivity index is 1.35. The smallest absolute Gasteiger partial charge is 0.141 e. The molecule has 5 fully saturated rings. The van der Waals surface area contributed by atoms with Gasteiger partial charge < -0.3 is 10.2 Å². The molecular formula is C24H36N2O2. The monoisotopic (exact) mass is 384 g/mol. The van der Waals surface area contributed by atoms with E-state index in [2.05, 4.69) is 30.9 Å². The van der Waals surface area contributed by atoms with Crippen LogP contribution in [0.5, 0.6) is 0 Å². The second kappa shape index (κ2) is 6.68. The molecule has 4 nitrogen and oxygen atoms in total. The topological polar surface area (TPSA) is 50.7 Å². The van der Waals surface area contributed by atoms with Crippen LogP contribution in [0.15, 0.2) is 17.3 Å². The van der Waals surface area contributed by atoms with Gasteiger partial charge in [0, 0.05) is 24.8 Å². The van der Waals surface area contributed by atoms with Crippen molar-refractivity contribution in [1.29, 1.82) is 0 Å². The fourth-order valence-corrected chi connectivity index (χ4v) is 7.77. The Morgan fingerprint density at radius 1 is 1.11 bits per heavy atom. The summed E-state index contributed by atoms with van der Waals surface area (Å²) in [5, 5.41) is 7.93. The van der Waals surface area contributed by atoms with Crippen molar-refractivity contribution < 1.29 is 9.63 Å². The zero-order valence-corrected chi connectivity index (χ0v) is 17.6. The molecule has 5 rings (SSSR count). The summed E-state index contributed by atoms with van der Waals surface area (Å²) in [5.74, 6) is 3.06. The summed E-state index contributed by atoms with van der Waals surface area (Å²) in [4.78, 5) is 18.5. The molecule has 1 N–H and O–H groups in total. The number of fused-ring (bicyclic) bond motifs is 5. The SMILES string of the molecule is C=C1C[C@@H]2[C@@H](CC[C@]3(C)C(=O)CC[C@@H]23)[C@@]2(C)CC/C(=N/O[C@@H]3CCNC3)CC12. The maximum atomic E-state index is 12.6. The molecule has 4 heteroatoms. The minimum Gasteiger partial charge on any atom is -0.391 e. The maximum Gasteiger partial charge on any atom is 0.141 e. The summed E-state index contributed by atoms with van der Waals surface area (Å²) >= 11 is 0. The van der Waals surface area contributed by atoms with Gasteiger partial charge in [0.1, 0.15) is 11.9 Å². The number of nitrogens with zero attached hydrogens (tertiary/aromatic N) is 1. The van der Waals surface area contributed by atoms with E-state index in [-0.39, 0.29) is 11.5 Å². The normalized spacial score (nSPS) is 49.6. The first-order chi connectivity index (χ1) is 13.4.